The van der Waals surface area contributed by atoms with Crippen LogP contribution in [0.25, 0.3) is 0 Å². The van der Waals surface area contributed by atoms with Gasteiger partial charge in [-0.2, -0.15) is 0 Å². The first-order chi connectivity index (χ1) is 12.8. The van der Waals surface area contributed by atoms with Crippen LogP contribution in [0.3, 0.4) is 0 Å². The number of Topliss-reactive ketones (excluding diaryl/α,β-unsaturated/α-hetero) is 1. The normalized spacial score (nSPS) is 15.2. The van der Waals surface area contributed by atoms with Crippen LogP contribution in [-0.4, -0.2) is 58.8 Å². The van der Waals surface area contributed by atoms with Gasteiger partial charge in [0.25, 0.3) is 5.91 Å². The summed E-state index contributed by atoms with van der Waals surface area (Å²) in [7, 11) is 1.97. The zero-order chi connectivity index (χ0) is 19.7. The Morgan fingerprint density at radius 2 is 1.67 bits per heavy atom. The second kappa shape index (κ2) is 8.05. The first-order valence-electron chi connectivity index (χ1n) is 8.90. The van der Waals surface area contributed by atoms with Crippen molar-refractivity contribution in [3.63, 3.8) is 0 Å². The van der Waals surface area contributed by atoms with E-state index in [0.717, 1.165) is 17.0 Å². The van der Waals surface area contributed by atoms with Crippen molar-refractivity contribution in [3.8, 4) is 0 Å². The average molecular weight is 408 g/mol. The van der Waals surface area contributed by atoms with E-state index in [1.54, 1.807) is 23.1 Å². The molecule has 144 valence electrons. The van der Waals surface area contributed by atoms with Crippen molar-refractivity contribution >= 4 is 34.9 Å². The number of nitrogens with zero attached hydrogens (tertiary/aromatic N) is 3. The molecule has 2 aromatic rings. The van der Waals surface area contributed by atoms with E-state index < -0.39 is 0 Å². The Labute approximate surface area is 169 Å². The first-order valence-corrected chi connectivity index (χ1v) is 9.66. The predicted molar refractivity (Wildman–Crippen MR) is 108 cm³/mol. The minimum Gasteiger partial charge on any atom is -0.351 e. The molecule has 2 heterocycles. The Balaban J connectivity index is 1.59. The molecule has 27 heavy (non-hydrogen) atoms. The van der Waals surface area contributed by atoms with E-state index >= 15 is 0 Å². The molecule has 1 aliphatic rings. The molecular weight excluding hydrogens is 385 g/mol. The summed E-state index contributed by atoms with van der Waals surface area (Å²) in [5, 5.41) is 0.867. The highest BCUT2D eigenvalue weighted by molar-refractivity contribution is 6.36. The van der Waals surface area contributed by atoms with Crippen LogP contribution in [0.1, 0.15) is 32.1 Å². The molecule has 0 radical (unpaired) electrons. The third-order valence-corrected chi connectivity index (χ3v) is 5.81. The van der Waals surface area contributed by atoms with Gasteiger partial charge in [-0.3, -0.25) is 14.5 Å². The summed E-state index contributed by atoms with van der Waals surface area (Å²) in [4.78, 5) is 29.2. The van der Waals surface area contributed by atoms with Gasteiger partial charge in [-0.15, -0.1) is 0 Å². The van der Waals surface area contributed by atoms with E-state index in [9.17, 15) is 9.59 Å². The lowest BCUT2D eigenvalue weighted by Crippen LogP contribution is -2.50. The number of rotatable bonds is 4. The number of amides is 1. The molecule has 0 unspecified atom stereocenters. The summed E-state index contributed by atoms with van der Waals surface area (Å²) < 4.78 is 2.03. The summed E-state index contributed by atoms with van der Waals surface area (Å²) in [6.07, 6.45) is 0. The van der Waals surface area contributed by atoms with E-state index in [1.807, 2.05) is 31.5 Å². The van der Waals surface area contributed by atoms with Crippen molar-refractivity contribution in [2.24, 2.45) is 7.05 Å². The number of ketones is 1. The van der Waals surface area contributed by atoms with E-state index in [-0.39, 0.29) is 11.7 Å². The van der Waals surface area contributed by atoms with Gasteiger partial charge in [-0.05, 0) is 38.1 Å². The van der Waals surface area contributed by atoms with E-state index in [1.165, 1.54) is 0 Å². The second-order valence-electron chi connectivity index (χ2n) is 6.96. The van der Waals surface area contributed by atoms with Gasteiger partial charge in [0.05, 0.1) is 17.1 Å². The van der Waals surface area contributed by atoms with Gasteiger partial charge in [0.15, 0.2) is 5.78 Å². The Morgan fingerprint density at radius 3 is 2.22 bits per heavy atom. The highest BCUT2D eigenvalue weighted by atomic mass is 35.5. The molecule has 5 nitrogen and oxygen atoms in total. The Morgan fingerprint density at radius 1 is 1.00 bits per heavy atom. The fraction of sp³-hybridized carbons (Fsp3) is 0.400. The van der Waals surface area contributed by atoms with Crippen LogP contribution in [0.15, 0.2) is 24.3 Å². The van der Waals surface area contributed by atoms with Crippen molar-refractivity contribution in [2.45, 2.75) is 13.8 Å². The van der Waals surface area contributed by atoms with Gasteiger partial charge >= 0.3 is 0 Å². The van der Waals surface area contributed by atoms with Gasteiger partial charge in [-0.1, -0.05) is 23.2 Å². The topological polar surface area (TPSA) is 45.6 Å². The fourth-order valence-corrected chi connectivity index (χ4v) is 3.86. The predicted octanol–water partition coefficient (Wildman–Crippen LogP) is 3.59. The van der Waals surface area contributed by atoms with Crippen LogP contribution in [0, 0.1) is 13.8 Å². The first kappa shape index (κ1) is 19.9. The number of hydrogen-bond acceptors (Lipinski definition) is 3. The van der Waals surface area contributed by atoms with Crippen LogP contribution in [0.2, 0.25) is 10.0 Å². The summed E-state index contributed by atoms with van der Waals surface area (Å²) in [6.45, 7) is 6.79. The lowest BCUT2D eigenvalue weighted by Gasteiger charge is -2.34. The summed E-state index contributed by atoms with van der Waals surface area (Å²) >= 11 is 12.0. The number of halogens is 2. The van der Waals surface area contributed by atoms with Crippen molar-refractivity contribution < 1.29 is 9.59 Å². The SMILES string of the molecule is Cc1cc(C(=O)CN2CCN(C(=O)c3ccc(Cl)cc3Cl)CC2)c(C)n1C. The average Bonchev–Trinajstić information content (AvgIpc) is 2.89. The zero-order valence-electron chi connectivity index (χ0n) is 15.8. The molecule has 0 atom stereocenters. The maximum atomic E-state index is 12.7. The molecule has 3 rings (SSSR count). The number of aryl methyl sites for hydroxylation is 1. The molecule has 0 N–H and O–H groups in total. The zero-order valence-corrected chi connectivity index (χ0v) is 17.3. The lowest BCUT2D eigenvalue weighted by atomic mass is 10.1. The molecule has 1 amide bonds. The number of carbonyl (C=O) groups excluding carboxylic acids is 2. The van der Waals surface area contributed by atoms with E-state index in [4.69, 9.17) is 23.2 Å². The van der Waals surface area contributed by atoms with Gasteiger partial charge < -0.3 is 9.47 Å². The van der Waals surface area contributed by atoms with Crippen molar-refractivity contribution in [1.82, 2.24) is 14.4 Å². The third-order valence-electron chi connectivity index (χ3n) is 5.26. The molecule has 1 aliphatic heterocycles. The molecule has 1 saturated heterocycles. The number of hydrogen-bond donors (Lipinski definition) is 0. The smallest absolute Gasteiger partial charge is 0.255 e. The Bertz CT molecular complexity index is 884. The van der Waals surface area contributed by atoms with Crippen LogP contribution in [0.4, 0.5) is 0 Å². The maximum absolute atomic E-state index is 12.7. The molecule has 1 aromatic carbocycles. The molecule has 0 aliphatic carbocycles. The van der Waals surface area contributed by atoms with Gasteiger partial charge in [-0.25, -0.2) is 0 Å². The van der Waals surface area contributed by atoms with Crippen LogP contribution in [0.5, 0.6) is 0 Å². The number of aromatic nitrogens is 1. The van der Waals surface area contributed by atoms with Crippen LogP contribution >= 0.6 is 23.2 Å². The molecule has 0 spiro atoms. The largest absolute Gasteiger partial charge is 0.351 e. The Hall–Kier alpha value is -1.82. The fourth-order valence-electron chi connectivity index (χ4n) is 3.37. The number of carbonyl (C=O) groups is 2. The summed E-state index contributed by atoms with van der Waals surface area (Å²) in [5.74, 6) is 0.0221. The minimum atomic E-state index is -0.0998. The number of benzene rings is 1. The van der Waals surface area contributed by atoms with E-state index in [0.29, 0.717) is 48.3 Å². The minimum absolute atomic E-state index is 0.0998. The van der Waals surface area contributed by atoms with Gasteiger partial charge in [0, 0.05) is 55.2 Å². The molecule has 0 bridgehead atoms. The Kier molecular flexibility index (Phi) is 5.94. The summed E-state index contributed by atoms with van der Waals surface area (Å²) in [5.41, 5.74) is 3.30. The monoisotopic (exact) mass is 407 g/mol. The quantitative estimate of drug-likeness (QED) is 0.727. The lowest BCUT2D eigenvalue weighted by molar-refractivity contribution is 0.0624. The van der Waals surface area contributed by atoms with Crippen molar-refractivity contribution in [3.05, 3.63) is 56.8 Å². The third kappa shape index (κ3) is 4.21. The van der Waals surface area contributed by atoms with Gasteiger partial charge in [0.1, 0.15) is 0 Å². The van der Waals surface area contributed by atoms with Crippen molar-refractivity contribution in [1.29, 1.82) is 0 Å². The standard InChI is InChI=1S/C20H23Cl2N3O2/c1-13-10-17(14(2)23(13)3)19(26)12-24-6-8-25(9-7-24)20(27)16-5-4-15(21)11-18(16)22/h4-5,10-11H,6-9,12H2,1-3H3. The molecule has 0 saturated carbocycles. The molecule has 1 aromatic heterocycles. The summed E-state index contributed by atoms with van der Waals surface area (Å²) in [6, 6.07) is 6.85. The molecule has 7 heteroatoms. The number of piperazine rings is 1. The van der Waals surface area contributed by atoms with Gasteiger partial charge in [0.2, 0.25) is 0 Å². The van der Waals surface area contributed by atoms with E-state index in [2.05, 4.69) is 4.90 Å². The molecule has 1 fully saturated rings. The molecular formula is C20H23Cl2N3O2. The second-order valence-corrected chi connectivity index (χ2v) is 7.80. The van der Waals surface area contributed by atoms with Crippen LogP contribution < -0.4 is 0 Å². The highest BCUT2D eigenvalue weighted by Gasteiger charge is 2.25. The highest BCUT2D eigenvalue weighted by Crippen LogP contribution is 2.23. The van der Waals surface area contributed by atoms with Crippen molar-refractivity contribution in [2.75, 3.05) is 32.7 Å². The van der Waals surface area contributed by atoms with Crippen LogP contribution in [-0.2, 0) is 7.05 Å². The maximum Gasteiger partial charge on any atom is 0.255 e.